The summed E-state index contributed by atoms with van der Waals surface area (Å²) in [4.78, 5) is 15.6. The molecule has 5 heteroatoms. The summed E-state index contributed by atoms with van der Waals surface area (Å²) in [5, 5.41) is 3.10. The summed E-state index contributed by atoms with van der Waals surface area (Å²) in [6, 6.07) is 3.41. The molecule has 18 heavy (non-hydrogen) atoms. The first-order chi connectivity index (χ1) is 8.65. The van der Waals surface area contributed by atoms with E-state index in [1.54, 1.807) is 25.3 Å². The maximum absolute atomic E-state index is 11.7. The standard InChI is InChI=1S/C13H19ClN2O2/c1-3-4-5-8-16-13(17)10(2)18-11-7-6-9-15-12(11)14/h6-7,9-10H,3-5,8H2,1-2H3,(H,16,17). The lowest BCUT2D eigenvalue weighted by Gasteiger charge is -2.15. The Morgan fingerprint density at radius 1 is 1.56 bits per heavy atom. The molecule has 0 saturated heterocycles. The van der Waals surface area contributed by atoms with Crippen LogP contribution in [-0.2, 0) is 4.79 Å². The van der Waals surface area contributed by atoms with Crippen LogP contribution >= 0.6 is 11.6 Å². The van der Waals surface area contributed by atoms with Gasteiger partial charge in [0.25, 0.3) is 5.91 Å². The smallest absolute Gasteiger partial charge is 0.260 e. The molecule has 1 heterocycles. The van der Waals surface area contributed by atoms with E-state index >= 15 is 0 Å². The average molecular weight is 271 g/mol. The molecule has 1 N–H and O–H groups in total. The third-order valence-electron chi connectivity index (χ3n) is 2.48. The van der Waals surface area contributed by atoms with Crippen LogP contribution in [0, 0.1) is 0 Å². The first-order valence-electron chi connectivity index (χ1n) is 6.20. The monoisotopic (exact) mass is 270 g/mol. The van der Waals surface area contributed by atoms with E-state index in [9.17, 15) is 4.79 Å². The van der Waals surface area contributed by atoms with Gasteiger partial charge in [0.1, 0.15) is 0 Å². The van der Waals surface area contributed by atoms with Crippen LogP contribution in [-0.4, -0.2) is 23.5 Å². The Morgan fingerprint density at radius 3 is 3.00 bits per heavy atom. The summed E-state index contributed by atoms with van der Waals surface area (Å²) >= 11 is 5.85. The molecule has 1 aromatic rings. The minimum absolute atomic E-state index is 0.133. The van der Waals surface area contributed by atoms with Gasteiger partial charge in [-0.1, -0.05) is 31.4 Å². The second-order valence-electron chi connectivity index (χ2n) is 4.05. The van der Waals surface area contributed by atoms with E-state index in [1.165, 1.54) is 0 Å². The van der Waals surface area contributed by atoms with Gasteiger partial charge in [0.15, 0.2) is 17.0 Å². The molecule has 0 bridgehead atoms. The van der Waals surface area contributed by atoms with Gasteiger partial charge in [-0.2, -0.15) is 0 Å². The fraction of sp³-hybridized carbons (Fsp3) is 0.538. The molecule has 0 radical (unpaired) electrons. The summed E-state index contributed by atoms with van der Waals surface area (Å²) in [5.41, 5.74) is 0. The Balaban J connectivity index is 2.38. The molecule has 1 aromatic heterocycles. The number of rotatable bonds is 7. The van der Waals surface area contributed by atoms with Crippen molar-refractivity contribution < 1.29 is 9.53 Å². The van der Waals surface area contributed by atoms with E-state index in [0.717, 1.165) is 19.3 Å². The van der Waals surface area contributed by atoms with Crippen LogP contribution in [0.5, 0.6) is 5.75 Å². The van der Waals surface area contributed by atoms with E-state index in [1.807, 2.05) is 0 Å². The number of carbonyl (C=O) groups is 1. The van der Waals surface area contributed by atoms with Crippen molar-refractivity contribution in [3.8, 4) is 5.75 Å². The third-order valence-corrected chi connectivity index (χ3v) is 2.76. The first kappa shape index (κ1) is 14.8. The third kappa shape index (κ3) is 4.92. The lowest BCUT2D eigenvalue weighted by Crippen LogP contribution is -2.36. The summed E-state index contributed by atoms with van der Waals surface area (Å²) in [6.45, 7) is 4.50. The molecule has 1 rings (SSSR count). The summed E-state index contributed by atoms with van der Waals surface area (Å²) in [6.07, 6.45) is 4.23. The van der Waals surface area contributed by atoms with Gasteiger partial charge < -0.3 is 10.1 Å². The molecule has 0 spiro atoms. The second-order valence-corrected chi connectivity index (χ2v) is 4.41. The zero-order valence-electron chi connectivity index (χ0n) is 10.8. The van der Waals surface area contributed by atoms with Crippen LogP contribution in [0.25, 0.3) is 0 Å². The lowest BCUT2D eigenvalue weighted by molar-refractivity contribution is -0.127. The van der Waals surface area contributed by atoms with Crippen LogP contribution < -0.4 is 10.1 Å². The highest BCUT2D eigenvalue weighted by Crippen LogP contribution is 2.21. The number of nitrogens with zero attached hydrogens (tertiary/aromatic N) is 1. The highest BCUT2D eigenvalue weighted by Gasteiger charge is 2.15. The van der Waals surface area contributed by atoms with Crippen molar-refractivity contribution in [2.75, 3.05) is 6.54 Å². The van der Waals surface area contributed by atoms with Gasteiger partial charge in [-0.25, -0.2) is 4.98 Å². The largest absolute Gasteiger partial charge is 0.478 e. The van der Waals surface area contributed by atoms with Gasteiger partial charge >= 0.3 is 0 Å². The maximum Gasteiger partial charge on any atom is 0.260 e. The number of aromatic nitrogens is 1. The van der Waals surface area contributed by atoms with Gasteiger partial charge in [-0.05, 0) is 25.5 Å². The molecule has 0 aliphatic heterocycles. The highest BCUT2D eigenvalue weighted by molar-refractivity contribution is 6.30. The van der Waals surface area contributed by atoms with E-state index < -0.39 is 6.10 Å². The fourth-order valence-corrected chi connectivity index (χ4v) is 1.60. The Labute approximate surface area is 113 Å². The molecule has 0 aliphatic rings. The summed E-state index contributed by atoms with van der Waals surface area (Å²) in [5.74, 6) is 0.293. The maximum atomic E-state index is 11.7. The van der Waals surface area contributed by atoms with Crippen LogP contribution in [0.15, 0.2) is 18.3 Å². The highest BCUT2D eigenvalue weighted by atomic mass is 35.5. The zero-order chi connectivity index (χ0) is 13.4. The molecule has 1 unspecified atom stereocenters. The minimum atomic E-state index is -0.576. The predicted molar refractivity (Wildman–Crippen MR) is 71.9 cm³/mol. The van der Waals surface area contributed by atoms with E-state index in [2.05, 4.69) is 17.2 Å². The Hall–Kier alpha value is -1.29. The van der Waals surface area contributed by atoms with Crippen molar-refractivity contribution in [2.45, 2.75) is 39.2 Å². The average Bonchev–Trinajstić information content (AvgIpc) is 2.37. The molecule has 0 aliphatic carbocycles. The van der Waals surface area contributed by atoms with E-state index in [-0.39, 0.29) is 11.1 Å². The number of carbonyl (C=O) groups excluding carboxylic acids is 1. The van der Waals surface area contributed by atoms with E-state index in [0.29, 0.717) is 12.3 Å². The molecule has 0 aromatic carbocycles. The van der Waals surface area contributed by atoms with E-state index in [4.69, 9.17) is 16.3 Å². The van der Waals surface area contributed by atoms with Gasteiger partial charge in [-0.15, -0.1) is 0 Å². The molecule has 1 atom stereocenters. The van der Waals surface area contributed by atoms with Gasteiger partial charge in [-0.3, -0.25) is 4.79 Å². The topological polar surface area (TPSA) is 51.2 Å². The number of amides is 1. The Kier molecular flexibility index (Phi) is 6.50. The molecular formula is C13H19ClN2O2. The van der Waals surface area contributed by atoms with Crippen molar-refractivity contribution in [3.63, 3.8) is 0 Å². The quantitative estimate of drug-likeness (QED) is 0.612. The molecule has 0 fully saturated rings. The number of unbranched alkanes of at least 4 members (excludes halogenated alkanes) is 2. The second kappa shape index (κ2) is 7.93. The zero-order valence-corrected chi connectivity index (χ0v) is 11.5. The van der Waals surface area contributed by atoms with Crippen molar-refractivity contribution in [1.29, 1.82) is 0 Å². The normalized spacial score (nSPS) is 11.9. The van der Waals surface area contributed by atoms with Gasteiger partial charge in [0.2, 0.25) is 0 Å². The van der Waals surface area contributed by atoms with Crippen molar-refractivity contribution in [2.24, 2.45) is 0 Å². The number of halogens is 1. The molecule has 100 valence electrons. The van der Waals surface area contributed by atoms with Crippen LogP contribution in [0.2, 0.25) is 5.15 Å². The Morgan fingerprint density at radius 2 is 2.33 bits per heavy atom. The van der Waals surface area contributed by atoms with Crippen molar-refractivity contribution in [3.05, 3.63) is 23.5 Å². The minimum Gasteiger partial charge on any atom is -0.478 e. The fourth-order valence-electron chi connectivity index (χ4n) is 1.43. The van der Waals surface area contributed by atoms with Crippen molar-refractivity contribution in [1.82, 2.24) is 10.3 Å². The number of nitrogens with one attached hydrogen (secondary N) is 1. The molecule has 1 amide bonds. The number of hydrogen-bond donors (Lipinski definition) is 1. The lowest BCUT2D eigenvalue weighted by atomic mass is 10.2. The van der Waals surface area contributed by atoms with Crippen molar-refractivity contribution >= 4 is 17.5 Å². The van der Waals surface area contributed by atoms with Gasteiger partial charge in [0.05, 0.1) is 0 Å². The predicted octanol–water partition coefficient (Wildman–Crippen LogP) is 2.81. The van der Waals surface area contributed by atoms with Crippen LogP contribution in [0.3, 0.4) is 0 Å². The SMILES string of the molecule is CCCCCNC(=O)C(C)Oc1cccnc1Cl. The molecule has 0 saturated carbocycles. The number of ether oxygens (including phenoxy) is 1. The first-order valence-corrected chi connectivity index (χ1v) is 6.57. The van der Waals surface area contributed by atoms with Gasteiger partial charge in [0, 0.05) is 12.7 Å². The molecule has 4 nitrogen and oxygen atoms in total. The number of pyridine rings is 1. The molecular weight excluding hydrogens is 252 g/mol. The summed E-state index contributed by atoms with van der Waals surface area (Å²) in [7, 11) is 0. The number of hydrogen-bond acceptors (Lipinski definition) is 3. The Bertz CT molecular complexity index is 385. The van der Waals surface area contributed by atoms with Crippen LogP contribution in [0.4, 0.5) is 0 Å². The summed E-state index contributed by atoms with van der Waals surface area (Å²) < 4.78 is 5.46. The van der Waals surface area contributed by atoms with Crippen LogP contribution in [0.1, 0.15) is 33.1 Å².